The number of anilines is 3. The molecule has 1 aromatic heterocycles. The highest BCUT2D eigenvalue weighted by Crippen LogP contribution is 2.30. The van der Waals surface area contributed by atoms with Gasteiger partial charge >= 0.3 is 0 Å². The van der Waals surface area contributed by atoms with Crippen LogP contribution in [0.1, 0.15) is 5.56 Å². The van der Waals surface area contributed by atoms with Crippen LogP contribution in [0.5, 0.6) is 0 Å². The second-order valence-electron chi connectivity index (χ2n) is 3.49. The van der Waals surface area contributed by atoms with Gasteiger partial charge < -0.3 is 11.1 Å². The largest absolute Gasteiger partial charge is 0.368 e. The van der Waals surface area contributed by atoms with Gasteiger partial charge in [0.25, 0.3) is 0 Å². The van der Waals surface area contributed by atoms with E-state index in [0.29, 0.717) is 5.82 Å². The summed E-state index contributed by atoms with van der Waals surface area (Å²) in [7, 11) is 0. The van der Waals surface area contributed by atoms with Crippen LogP contribution in [0, 0.1) is 6.92 Å². The van der Waals surface area contributed by atoms with Gasteiger partial charge in [0.1, 0.15) is 5.82 Å². The number of aromatic nitrogens is 2. The Morgan fingerprint density at radius 3 is 2.82 bits per heavy atom. The maximum atomic E-state index is 5.55. The van der Waals surface area contributed by atoms with E-state index in [0.717, 1.165) is 20.2 Å². The number of nitrogens with one attached hydrogen (secondary N) is 1. The molecular formula is C11H10Br2N4. The Morgan fingerprint density at radius 2 is 2.06 bits per heavy atom. The van der Waals surface area contributed by atoms with Crippen molar-refractivity contribution in [3.63, 3.8) is 0 Å². The number of nitrogens with zero attached hydrogens (tertiary/aromatic N) is 2. The Kier molecular flexibility index (Phi) is 3.63. The van der Waals surface area contributed by atoms with E-state index in [-0.39, 0.29) is 5.95 Å². The van der Waals surface area contributed by atoms with Crippen LogP contribution in [0.3, 0.4) is 0 Å². The third kappa shape index (κ3) is 2.76. The Labute approximate surface area is 116 Å². The lowest BCUT2D eigenvalue weighted by Gasteiger charge is -2.10. The Morgan fingerprint density at radius 1 is 1.29 bits per heavy atom. The summed E-state index contributed by atoms with van der Waals surface area (Å²) in [4.78, 5) is 8.02. The van der Waals surface area contributed by atoms with Gasteiger partial charge in [0.05, 0.1) is 10.2 Å². The van der Waals surface area contributed by atoms with Crippen molar-refractivity contribution in [1.29, 1.82) is 0 Å². The van der Waals surface area contributed by atoms with E-state index in [2.05, 4.69) is 47.1 Å². The molecule has 0 aliphatic heterocycles. The number of hydrogen-bond donors (Lipinski definition) is 2. The minimum Gasteiger partial charge on any atom is -0.368 e. The average Bonchev–Trinajstić information content (AvgIpc) is 2.30. The normalized spacial score (nSPS) is 10.3. The third-order valence-corrected chi connectivity index (χ3v) is 3.84. The fourth-order valence-corrected chi connectivity index (χ4v) is 1.99. The highest BCUT2D eigenvalue weighted by Gasteiger charge is 2.07. The molecule has 0 aliphatic carbocycles. The Balaban J connectivity index is 2.38. The molecule has 88 valence electrons. The van der Waals surface area contributed by atoms with Gasteiger partial charge in [0.2, 0.25) is 5.95 Å². The molecule has 0 saturated heterocycles. The lowest BCUT2D eigenvalue weighted by Crippen LogP contribution is -2.01. The number of hydrogen-bond acceptors (Lipinski definition) is 4. The summed E-state index contributed by atoms with van der Waals surface area (Å²) in [6, 6.07) is 5.96. The van der Waals surface area contributed by atoms with Crippen LogP contribution in [-0.4, -0.2) is 9.97 Å². The molecule has 0 radical (unpaired) electrons. The van der Waals surface area contributed by atoms with Crippen LogP contribution >= 0.6 is 31.9 Å². The van der Waals surface area contributed by atoms with E-state index >= 15 is 0 Å². The van der Waals surface area contributed by atoms with E-state index in [4.69, 9.17) is 5.73 Å². The molecule has 6 heteroatoms. The van der Waals surface area contributed by atoms with Gasteiger partial charge in [0, 0.05) is 10.7 Å². The highest BCUT2D eigenvalue weighted by atomic mass is 79.9. The molecule has 0 fully saturated rings. The molecule has 17 heavy (non-hydrogen) atoms. The van der Waals surface area contributed by atoms with Crippen molar-refractivity contribution in [3.05, 3.63) is 38.9 Å². The van der Waals surface area contributed by atoms with Gasteiger partial charge in [-0.2, -0.15) is 4.98 Å². The third-order valence-electron chi connectivity index (χ3n) is 2.21. The Bertz CT molecular complexity index is 557. The molecule has 0 aliphatic rings. The first kappa shape index (κ1) is 12.3. The zero-order chi connectivity index (χ0) is 12.4. The Hall–Kier alpha value is -1.14. The maximum absolute atomic E-state index is 5.55. The van der Waals surface area contributed by atoms with Gasteiger partial charge in [0.15, 0.2) is 0 Å². The topological polar surface area (TPSA) is 63.8 Å². The first-order chi connectivity index (χ1) is 8.08. The minimum absolute atomic E-state index is 0.236. The van der Waals surface area contributed by atoms with Gasteiger partial charge in [-0.15, -0.1) is 0 Å². The second-order valence-corrected chi connectivity index (χ2v) is 5.13. The van der Waals surface area contributed by atoms with Crippen LogP contribution in [0.25, 0.3) is 0 Å². The van der Waals surface area contributed by atoms with Crippen molar-refractivity contribution in [2.45, 2.75) is 6.92 Å². The SMILES string of the molecule is Cc1cccc(Nc2nc(N)ncc2Br)c1Br. The number of benzene rings is 1. The number of rotatable bonds is 2. The fraction of sp³-hybridized carbons (Fsp3) is 0.0909. The highest BCUT2D eigenvalue weighted by molar-refractivity contribution is 9.11. The summed E-state index contributed by atoms with van der Waals surface area (Å²) in [5.74, 6) is 0.878. The van der Waals surface area contributed by atoms with E-state index in [1.807, 2.05) is 25.1 Å². The lowest BCUT2D eigenvalue weighted by molar-refractivity contribution is 1.17. The number of halogens is 2. The molecule has 0 bridgehead atoms. The van der Waals surface area contributed by atoms with Crippen LogP contribution < -0.4 is 11.1 Å². The average molecular weight is 358 g/mol. The quantitative estimate of drug-likeness (QED) is 0.861. The van der Waals surface area contributed by atoms with E-state index in [9.17, 15) is 0 Å². The van der Waals surface area contributed by atoms with Crippen molar-refractivity contribution in [1.82, 2.24) is 9.97 Å². The first-order valence-corrected chi connectivity index (χ1v) is 6.46. The molecule has 4 nitrogen and oxygen atoms in total. The number of nitrogens with two attached hydrogens (primary N) is 1. The maximum Gasteiger partial charge on any atom is 0.222 e. The zero-order valence-electron chi connectivity index (χ0n) is 9.04. The van der Waals surface area contributed by atoms with Gasteiger partial charge in [-0.05, 0) is 50.4 Å². The summed E-state index contributed by atoms with van der Waals surface area (Å²) in [5, 5.41) is 3.20. The zero-order valence-corrected chi connectivity index (χ0v) is 12.2. The lowest BCUT2D eigenvalue weighted by atomic mass is 10.2. The minimum atomic E-state index is 0.236. The molecule has 0 amide bonds. The summed E-state index contributed by atoms with van der Waals surface area (Å²) < 4.78 is 1.77. The van der Waals surface area contributed by atoms with Gasteiger partial charge in [-0.1, -0.05) is 12.1 Å². The first-order valence-electron chi connectivity index (χ1n) is 4.88. The van der Waals surface area contributed by atoms with E-state index < -0.39 is 0 Å². The predicted octanol–water partition coefficient (Wildman–Crippen LogP) is 3.64. The molecule has 2 aromatic rings. The van der Waals surface area contributed by atoms with Crippen LogP contribution in [0.4, 0.5) is 17.5 Å². The monoisotopic (exact) mass is 356 g/mol. The van der Waals surface area contributed by atoms with Crippen molar-refractivity contribution >= 4 is 49.3 Å². The van der Waals surface area contributed by atoms with Crippen molar-refractivity contribution < 1.29 is 0 Å². The number of aryl methyl sites for hydroxylation is 1. The van der Waals surface area contributed by atoms with Gasteiger partial charge in [-0.25, -0.2) is 4.98 Å². The summed E-state index contributed by atoms with van der Waals surface area (Å²) in [6.07, 6.45) is 1.62. The smallest absolute Gasteiger partial charge is 0.222 e. The summed E-state index contributed by atoms with van der Waals surface area (Å²) in [5.41, 5.74) is 7.63. The molecule has 0 atom stereocenters. The number of nitrogen functional groups attached to an aromatic ring is 1. The molecule has 0 unspecified atom stereocenters. The van der Waals surface area contributed by atoms with Crippen molar-refractivity contribution in [3.8, 4) is 0 Å². The van der Waals surface area contributed by atoms with Crippen LogP contribution in [0.2, 0.25) is 0 Å². The van der Waals surface area contributed by atoms with E-state index in [1.54, 1.807) is 6.20 Å². The fourth-order valence-electron chi connectivity index (χ4n) is 1.34. The predicted molar refractivity (Wildman–Crippen MR) is 76.3 cm³/mol. The van der Waals surface area contributed by atoms with Crippen LogP contribution in [-0.2, 0) is 0 Å². The molecule has 3 N–H and O–H groups in total. The van der Waals surface area contributed by atoms with Gasteiger partial charge in [-0.3, -0.25) is 0 Å². The summed E-state index contributed by atoms with van der Waals surface area (Å²) in [6.45, 7) is 2.03. The summed E-state index contributed by atoms with van der Waals surface area (Å²) >= 11 is 6.90. The molecule has 0 saturated carbocycles. The van der Waals surface area contributed by atoms with Crippen molar-refractivity contribution in [2.24, 2.45) is 0 Å². The molecule has 0 spiro atoms. The molecule has 2 rings (SSSR count). The standard InChI is InChI=1S/C11H10Br2N4/c1-6-3-2-4-8(9(6)13)16-10-7(12)5-15-11(14)17-10/h2-5H,1H3,(H3,14,15,16,17). The van der Waals surface area contributed by atoms with Crippen LogP contribution in [0.15, 0.2) is 33.3 Å². The van der Waals surface area contributed by atoms with Crippen molar-refractivity contribution in [2.75, 3.05) is 11.1 Å². The van der Waals surface area contributed by atoms with E-state index in [1.165, 1.54) is 0 Å². The molecule has 1 heterocycles. The molecule has 1 aromatic carbocycles. The molecular weight excluding hydrogens is 348 g/mol. The second kappa shape index (κ2) is 5.01.